The Bertz CT molecular complexity index is 47.8. The zero-order valence-electron chi connectivity index (χ0n) is 5.68. The molecule has 0 aromatic carbocycles. The van der Waals surface area contributed by atoms with Gasteiger partial charge in [-0.15, -0.1) is 0 Å². The van der Waals surface area contributed by atoms with Gasteiger partial charge >= 0.3 is 0 Å². The summed E-state index contributed by atoms with van der Waals surface area (Å²) in [4.78, 5) is 0. The van der Waals surface area contributed by atoms with Gasteiger partial charge in [0.15, 0.2) is 0 Å². The summed E-state index contributed by atoms with van der Waals surface area (Å²) in [5.41, 5.74) is 5.36. The van der Waals surface area contributed by atoms with Crippen molar-refractivity contribution >= 4 is 0 Å². The summed E-state index contributed by atoms with van der Waals surface area (Å²) < 4.78 is 4.86. The zero-order chi connectivity index (χ0) is 6.41. The van der Waals surface area contributed by atoms with Crippen LogP contribution in [0.2, 0.25) is 0 Å². The molecule has 0 bridgehead atoms. The average molecular weight is 117 g/mol. The third-order valence-corrected chi connectivity index (χ3v) is 1.22. The van der Waals surface area contributed by atoms with E-state index in [1.165, 1.54) is 0 Å². The monoisotopic (exact) mass is 117 g/mol. The highest BCUT2D eigenvalue weighted by Gasteiger charge is 1.95. The van der Waals surface area contributed by atoms with Gasteiger partial charge in [0.05, 0.1) is 0 Å². The van der Waals surface area contributed by atoms with Crippen LogP contribution >= 0.6 is 0 Å². The summed E-state index contributed by atoms with van der Waals surface area (Å²) in [6, 6.07) is 0. The van der Waals surface area contributed by atoms with Crippen LogP contribution in [0, 0.1) is 5.92 Å². The molecular formula is C6H15NO. The molecule has 0 aliphatic carbocycles. The molecule has 2 heteroatoms. The van der Waals surface area contributed by atoms with Crippen LogP contribution in [0.15, 0.2) is 0 Å². The van der Waals surface area contributed by atoms with E-state index in [1.54, 1.807) is 7.11 Å². The molecule has 50 valence electrons. The first-order valence-corrected chi connectivity index (χ1v) is 3.00. The fourth-order valence-electron chi connectivity index (χ4n) is 0.437. The van der Waals surface area contributed by atoms with Gasteiger partial charge in [-0.1, -0.05) is 6.92 Å². The second kappa shape index (κ2) is 5.06. The van der Waals surface area contributed by atoms with Gasteiger partial charge in [0.2, 0.25) is 0 Å². The molecule has 0 fully saturated rings. The molecule has 0 saturated carbocycles. The molecule has 0 radical (unpaired) electrons. The van der Waals surface area contributed by atoms with Crippen LogP contribution in [0.3, 0.4) is 0 Å². The molecule has 0 aromatic heterocycles. The zero-order valence-corrected chi connectivity index (χ0v) is 5.68. The lowest BCUT2D eigenvalue weighted by Crippen LogP contribution is -2.12. The maximum Gasteiger partial charge on any atom is 0.0465 e. The molecular weight excluding hydrogens is 102 g/mol. The highest BCUT2D eigenvalue weighted by Crippen LogP contribution is 1.96. The standard InChI is InChI=1S/C6H15NO/c1-6(5-7)3-4-8-2/h6H,3-5,7H2,1-2H3/t6-/m1/s1. The lowest BCUT2D eigenvalue weighted by molar-refractivity contribution is 0.181. The molecule has 0 aliphatic heterocycles. The Kier molecular flexibility index (Phi) is 5.01. The van der Waals surface area contributed by atoms with Crippen LogP contribution in [0.5, 0.6) is 0 Å². The molecule has 0 amide bonds. The van der Waals surface area contributed by atoms with Crippen molar-refractivity contribution in [3.63, 3.8) is 0 Å². The third-order valence-electron chi connectivity index (χ3n) is 1.22. The fraction of sp³-hybridized carbons (Fsp3) is 1.00. The Morgan fingerprint density at radius 2 is 2.25 bits per heavy atom. The minimum absolute atomic E-state index is 0.606. The third kappa shape index (κ3) is 4.09. The Morgan fingerprint density at radius 3 is 2.62 bits per heavy atom. The van der Waals surface area contributed by atoms with Crippen LogP contribution in [0.25, 0.3) is 0 Å². The molecule has 0 unspecified atom stereocenters. The van der Waals surface area contributed by atoms with E-state index in [0.717, 1.165) is 19.6 Å². The van der Waals surface area contributed by atoms with Crippen molar-refractivity contribution in [3.05, 3.63) is 0 Å². The van der Waals surface area contributed by atoms with Crippen molar-refractivity contribution in [1.82, 2.24) is 0 Å². The molecule has 0 rings (SSSR count). The molecule has 0 aliphatic rings. The predicted molar refractivity (Wildman–Crippen MR) is 34.7 cm³/mol. The van der Waals surface area contributed by atoms with E-state index < -0.39 is 0 Å². The summed E-state index contributed by atoms with van der Waals surface area (Å²) in [6.45, 7) is 3.72. The summed E-state index contributed by atoms with van der Waals surface area (Å²) >= 11 is 0. The van der Waals surface area contributed by atoms with E-state index in [2.05, 4.69) is 6.92 Å². The quantitative estimate of drug-likeness (QED) is 0.585. The van der Waals surface area contributed by atoms with Crippen molar-refractivity contribution in [2.24, 2.45) is 11.7 Å². The van der Waals surface area contributed by atoms with Crippen LogP contribution in [0.4, 0.5) is 0 Å². The summed E-state index contributed by atoms with van der Waals surface area (Å²) in [5.74, 6) is 0.606. The molecule has 8 heavy (non-hydrogen) atoms. The van der Waals surface area contributed by atoms with Crippen molar-refractivity contribution in [3.8, 4) is 0 Å². The lowest BCUT2D eigenvalue weighted by atomic mass is 10.1. The van der Waals surface area contributed by atoms with Gasteiger partial charge in [0.1, 0.15) is 0 Å². The second-order valence-electron chi connectivity index (χ2n) is 2.12. The van der Waals surface area contributed by atoms with E-state index in [-0.39, 0.29) is 0 Å². The number of hydrogen-bond acceptors (Lipinski definition) is 2. The first kappa shape index (κ1) is 7.92. The number of methoxy groups -OCH3 is 1. The van der Waals surface area contributed by atoms with E-state index in [9.17, 15) is 0 Å². The molecule has 0 spiro atoms. The van der Waals surface area contributed by atoms with E-state index >= 15 is 0 Å². The van der Waals surface area contributed by atoms with Gasteiger partial charge in [-0.3, -0.25) is 0 Å². The maximum absolute atomic E-state index is 5.36. The van der Waals surface area contributed by atoms with Crippen molar-refractivity contribution in [2.75, 3.05) is 20.3 Å². The normalized spacial score (nSPS) is 13.9. The van der Waals surface area contributed by atoms with Gasteiger partial charge in [-0.25, -0.2) is 0 Å². The second-order valence-corrected chi connectivity index (χ2v) is 2.12. The van der Waals surface area contributed by atoms with Gasteiger partial charge in [-0.2, -0.15) is 0 Å². The number of hydrogen-bond donors (Lipinski definition) is 1. The lowest BCUT2D eigenvalue weighted by Gasteiger charge is -2.04. The summed E-state index contributed by atoms with van der Waals surface area (Å²) in [6.07, 6.45) is 1.08. The van der Waals surface area contributed by atoms with E-state index in [0.29, 0.717) is 5.92 Å². The topological polar surface area (TPSA) is 35.2 Å². The SMILES string of the molecule is COCC[C@@H](C)CN. The van der Waals surface area contributed by atoms with E-state index in [4.69, 9.17) is 10.5 Å². The van der Waals surface area contributed by atoms with Gasteiger partial charge in [-0.05, 0) is 18.9 Å². The van der Waals surface area contributed by atoms with Gasteiger partial charge in [0.25, 0.3) is 0 Å². The first-order valence-electron chi connectivity index (χ1n) is 3.00. The summed E-state index contributed by atoms with van der Waals surface area (Å²) in [5, 5.41) is 0. The predicted octanol–water partition coefficient (Wildman–Crippen LogP) is 0.618. The smallest absolute Gasteiger partial charge is 0.0465 e. The van der Waals surface area contributed by atoms with Crippen LogP contribution < -0.4 is 5.73 Å². The van der Waals surface area contributed by atoms with Crippen LogP contribution in [-0.4, -0.2) is 20.3 Å². The maximum atomic E-state index is 5.36. The van der Waals surface area contributed by atoms with Gasteiger partial charge < -0.3 is 10.5 Å². The summed E-state index contributed by atoms with van der Waals surface area (Å²) in [7, 11) is 1.71. The van der Waals surface area contributed by atoms with E-state index in [1.807, 2.05) is 0 Å². The van der Waals surface area contributed by atoms with Crippen molar-refractivity contribution in [1.29, 1.82) is 0 Å². The van der Waals surface area contributed by atoms with Crippen molar-refractivity contribution < 1.29 is 4.74 Å². The molecule has 0 heterocycles. The molecule has 2 nitrogen and oxygen atoms in total. The molecule has 1 atom stereocenters. The molecule has 2 N–H and O–H groups in total. The van der Waals surface area contributed by atoms with Gasteiger partial charge in [0, 0.05) is 13.7 Å². The molecule has 0 saturated heterocycles. The Hall–Kier alpha value is -0.0800. The first-order chi connectivity index (χ1) is 3.81. The number of rotatable bonds is 4. The van der Waals surface area contributed by atoms with Crippen LogP contribution in [-0.2, 0) is 4.74 Å². The minimum atomic E-state index is 0.606. The van der Waals surface area contributed by atoms with Crippen molar-refractivity contribution in [2.45, 2.75) is 13.3 Å². The highest BCUT2D eigenvalue weighted by atomic mass is 16.5. The Labute approximate surface area is 51.0 Å². The molecule has 0 aromatic rings. The number of nitrogens with two attached hydrogens (primary N) is 1. The Morgan fingerprint density at radius 1 is 1.62 bits per heavy atom. The van der Waals surface area contributed by atoms with Crippen LogP contribution in [0.1, 0.15) is 13.3 Å². The highest BCUT2D eigenvalue weighted by molar-refractivity contribution is 4.50. The average Bonchev–Trinajstić information content (AvgIpc) is 1.83. The Balaban J connectivity index is 2.86. The minimum Gasteiger partial charge on any atom is -0.385 e. The fourth-order valence-corrected chi connectivity index (χ4v) is 0.437. The number of ether oxygens (including phenoxy) is 1. The largest absolute Gasteiger partial charge is 0.385 e.